The first kappa shape index (κ1) is 10.2. The maximum Gasteiger partial charge on any atom is 0.159 e. The Labute approximate surface area is 90.9 Å². The predicted molar refractivity (Wildman–Crippen MR) is 62.4 cm³/mol. The predicted octanol–water partition coefficient (Wildman–Crippen LogP) is 2.74. The molecule has 0 N–H and O–H groups in total. The molecule has 0 atom stereocenters. The highest BCUT2D eigenvalue weighted by atomic mass is 16.1. The molecule has 0 unspecified atom stereocenters. The first-order valence-corrected chi connectivity index (χ1v) is 5.34. The molecule has 1 heterocycles. The third-order valence-corrected chi connectivity index (χ3v) is 2.88. The van der Waals surface area contributed by atoms with E-state index in [-0.39, 0.29) is 5.78 Å². The summed E-state index contributed by atoms with van der Waals surface area (Å²) in [6, 6.07) is 7.88. The Balaban J connectivity index is 2.09. The lowest BCUT2D eigenvalue weighted by molar-refractivity contribution is 0.101. The second-order valence-electron chi connectivity index (χ2n) is 5.12. The Bertz CT molecular complexity index is 370. The molecule has 1 aromatic rings. The summed E-state index contributed by atoms with van der Waals surface area (Å²) in [5, 5.41) is 0. The van der Waals surface area contributed by atoms with Crippen LogP contribution in [0.25, 0.3) is 0 Å². The highest BCUT2D eigenvalue weighted by Crippen LogP contribution is 2.33. The Morgan fingerprint density at radius 2 is 1.73 bits per heavy atom. The number of carbonyl (C=O) groups is 1. The number of anilines is 1. The van der Waals surface area contributed by atoms with Gasteiger partial charge in [-0.25, -0.2) is 0 Å². The SMILES string of the molecule is CC(=O)c1ccc(N2CC(C)(C)C2)cc1. The Kier molecular flexibility index (Phi) is 2.29. The van der Waals surface area contributed by atoms with Crippen molar-refractivity contribution < 1.29 is 4.79 Å². The van der Waals surface area contributed by atoms with Gasteiger partial charge in [-0.1, -0.05) is 13.8 Å². The molecule has 0 saturated carbocycles. The fourth-order valence-corrected chi connectivity index (χ4v) is 2.08. The molecular weight excluding hydrogens is 186 g/mol. The van der Waals surface area contributed by atoms with Crippen molar-refractivity contribution >= 4 is 11.5 Å². The van der Waals surface area contributed by atoms with E-state index in [1.807, 2.05) is 24.3 Å². The number of hydrogen-bond acceptors (Lipinski definition) is 2. The molecule has 2 rings (SSSR count). The van der Waals surface area contributed by atoms with Gasteiger partial charge in [0.15, 0.2) is 5.78 Å². The van der Waals surface area contributed by atoms with E-state index in [1.165, 1.54) is 5.69 Å². The molecular formula is C13H17NO. The van der Waals surface area contributed by atoms with Gasteiger partial charge in [-0.2, -0.15) is 0 Å². The van der Waals surface area contributed by atoms with Crippen LogP contribution < -0.4 is 4.90 Å². The molecule has 80 valence electrons. The first-order valence-electron chi connectivity index (χ1n) is 5.34. The molecule has 15 heavy (non-hydrogen) atoms. The van der Waals surface area contributed by atoms with Crippen molar-refractivity contribution in [3.8, 4) is 0 Å². The topological polar surface area (TPSA) is 20.3 Å². The molecule has 2 heteroatoms. The van der Waals surface area contributed by atoms with Crippen molar-refractivity contribution in [1.29, 1.82) is 0 Å². The molecule has 1 aliphatic rings. The summed E-state index contributed by atoms with van der Waals surface area (Å²) in [5.41, 5.74) is 2.46. The number of ketones is 1. The van der Waals surface area contributed by atoms with E-state index in [0.29, 0.717) is 5.41 Å². The largest absolute Gasteiger partial charge is 0.370 e. The first-order chi connectivity index (χ1) is 6.98. The minimum absolute atomic E-state index is 0.130. The van der Waals surface area contributed by atoms with E-state index >= 15 is 0 Å². The molecule has 1 aliphatic heterocycles. The van der Waals surface area contributed by atoms with Gasteiger partial charge in [0.05, 0.1) is 0 Å². The molecule has 0 spiro atoms. The quantitative estimate of drug-likeness (QED) is 0.689. The average molecular weight is 203 g/mol. The molecule has 1 fully saturated rings. The third kappa shape index (κ3) is 2.04. The lowest BCUT2D eigenvalue weighted by atomic mass is 9.84. The average Bonchev–Trinajstić information content (AvgIpc) is 2.14. The summed E-state index contributed by atoms with van der Waals surface area (Å²) < 4.78 is 0. The zero-order valence-electron chi connectivity index (χ0n) is 9.58. The number of hydrogen-bond donors (Lipinski definition) is 0. The highest BCUT2D eigenvalue weighted by Gasteiger charge is 2.33. The maximum absolute atomic E-state index is 11.1. The highest BCUT2D eigenvalue weighted by molar-refractivity contribution is 5.94. The summed E-state index contributed by atoms with van der Waals surface area (Å²) in [4.78, 5) is 13.4. The van der Waals surface area contributed by atoms with Gasteiger partial charge < -0.3 is 4.90 Å². The van der Waals surface area contributed by atoms with Crippen LogP contribution in [0.1, 0.15) is 31.1 Å². The van der Waals surface area contributed by atoms with E-state index in [1.54, 1.807) is 6.92 Å². The van der Waals surface area contributed by atoms with Gasteiger partial charge in [0, 0.05) is 24.3 Å². The Morgan fingerprint density at radius 1 is 1.20 bits per heavy atom. The normalized spacial score (nSPS) is 18.5. The summed E-state index contributed by atoms with van der Waals surface area (Å²) >= 11 is 0. The number of Topliss-reactive ketones (excluding diaryl/α,β-unsaturated/α-hetero) is 1. The summed E-state index contributed by atoms with van der Waals surface area (Å²) in [7, 11) is 0. The van der Waals surface area contributed by atoms with E-state index in [4.69, 9.17) is 0 Å². The molecule has 1 saturated heterocycles. The van der Waals surface area contributed by atoms with Crippen LogP contribution in [0.5, 0.6) is 0 Å². The zero-order chi connectivity index (χ0) is 11.1. The summed E-state index contributed by atoms with van der Waals surface area (Å²) in [6.45, 7) is 8.35. The van der Waals surface area contributed by atoms with E-state index < -0.39 is 0 Å². The van der Waals surface area contributed by atoms with Crippen molar-refractivity contribution in [2.75, 3.05) is 18.0 Å². The molecule has 2 nitrogen and oxygen atoms in total. The van der Waals surface area contributed by atoms with E-state index in [2.05, 4.69) is 18.7 Å². The van der Waals surface area contributed by atoms with E-state index in [9.17, 15) is 4.79 Å². The van der Waals surface area contributed by atoms with Crippen molar-refractivity contribution in [2.45, 2.75) is 20.8 Å². The standard InChI is InChI=1S/C13H17NO/c1-10(15)11-4-6-12(7-5-11)14-8-13(2,3)9-14/h4-7H,8-9H2,1-3H3. The van der Waals surface area contributed by atoms with Gasteiger partial charge in [0.25, 0.3) is 0 Å². The van der Waals surface area contributed by atoms with Crippen molar-refractivity contribution in [1.82, 2.24) is 0 Å². The zero-order valence-corrected chi connectivity index (χ0v) is 9.58. The van der Waals surface area contributed by atoms with Crippen LogP contribution in [0.3, 0.4) is 0 Å². The van der Waals surface area contributed by atoms with Crippen LogP contribution >= 0.6 is 0 Å². The van der Waals surface area contributed by atoms with Gasteiger partial charge in [-0.05, 0) is 36.6 Å². The molecule has 1 aromatic carbocycles. The van der Waals surface area contributed by atoms with Gasteiger partial charge in [0.2, 0.25) is 0 Å². The molecule has 0 radical (unpaired) electrons. The summed E-state index contributed by atoms with van der Waals surface area (Å²) in [5.74, 6) is 0.130. The maximum atomic E-state index is 11.1. The van der Waals surface area contributed by atoms with Crippen LogP contribution in [-0.2, 0) is 0 Å². The second kappa shape index (κ2) is 3.37. The van der Waals surface area contributed by atoms with Crippen LogP contribution in [-0.4, -0.2) is 18.9 Å². The van der Waals surface area contributed by atoms with E-state index in [0.717, 1.165) is 18.7 Å². The minimum Gasteiger partial charge on any atom is -0.370 e. The van der Waals surface area contributed by atoms with Gasteiger partial charge in [-0.15, -0.1) is 0 Å². The number of rotatable bonds is 2. The fourth-order valence-electron chi connectivity index (χ4n) is 2.08. The van der Waals surface area contributed by atoms with Crippen LogP contribution in [0.2, 0.25) is 0 Å². The lowest BCUT2D eigenvalue weighted by Crippen LogP contribution is -2.53. The van der Waals surface area contributed by atoms with Crippen LogP contribution in [0, 0.1) is 5.41 Å². The molecule has 0 bridgehead atoms. The van der Waals surface area contributed by atoms with Crippen LogP contribution in [0.4, 0.5) is 5.69 Å². The van der Waals surface area contributed by atoms with Crippen molar-refractivity contribution in [2.24, 2.45) is 5.41 Å². The molecule has 0 aromatic heterocycles. The Morgan fingerprint density at radius 3 is 2.13 bits per heavy atom. The second-order valence-corrected chi connectivity index (χ2v) is 5.12. The smallest absolute Gasteiger partial charge is 0.159 e. The van der Waals surface area contributed by atoms with Crippen molar-refractivity contribution in [3.05, 3.63) is 29.8 Å². The molecule has 0 amide bonds. The Hall–Kier alpha value is -1.31. The fraction of sp³-hybridized carbons (Fsp3) is 0.462. The number of nitrogens with zero attached hydrogens (tertiary/aromatic N) is 1. The van der Waals surface area contributed by atoms with Gasteiger partial charge in [0.1, 0.15) is 0 Å². The molecule has 0 aliphatic carbocycles. The monoisotopic (exact) mass is 203 g/mol. The van der Waals surface area contributed by atoms with Gasteiger partial charge >= 0.3 is 0 Å². The third-order valence-electron chi connectivity index (χ3n) is 2.88. The van der Waals surface area contributed by atoms with Crippen LogP contribution in [0.15, 0.2) is 24.3 Å². The lowest BCUT2D eigenvalue weighted by Gasteiger charge is -2.47. The number of carbonyl (C=O) groups excluding carboxylic acids is 1. The number of benzene rings is 1. The van der Waals surface area contributed by atoms with Crippen molar-refractivity contribution in [3.63, 3.8) is 0 Å². The minimum atomic E-state index is 0.130. The van der Waals surface area contributed by atoms with Gasteiger partial charge in [-0.3, -0.25) is 4.79 Å². The summed E-state index contributed by atoms with van der Waals surface area (Å²) in [6.07, 6.45) is 0.